The summed E-state index contributed by atoms with van der Waals surface area (Å²) in [4.78, 5) is 2.54. The summed E-state index contributed by atoms with van der Waals surface area (Å²) in [6, 6.07) is 0. The van der Waals surface area contributed by atoms with Crippen LogP contribution in [0.4, 0.5) is 0 Å². The average molecular weight is 214 g/mol. The third-order valence-corrected chi connectivity index (χ3v) is 3.43. The quantitative estimate of drug-likeness (QED) is 0.725. The highest BCUT2D eigenvalue weighted by Gasteiger charge is 2.24. The van der Waals surface area contributed by atoms with E-state index in [0.29, 0.717) is 5.41 Å². The van der Waals surface area contributed by atoms with Crippen molar-refractivity contribution in [2.75, 3.05) is 39.9 Å². The van der Waals surface area contributed by atoms with Crippen molar-refractivity contribution in [1.82, 2.24) is 4.90 Å². The summed E-state index contributed by atoms with van der Waals surface area (Å²) in [5.74, 6) is 0.746. The molecular formula is C12H26N2O. The van der Waals surface area contributed by atoms with Gasteiger partial charge in [-0.25, -0.2) is 0 Å². The summed E-state index contributed by atoms with van der Waals surface area (Å²) in [7, 11) is 1.79. The number of rotatable bonds is 6. The van der Waals surface area contributed by atoms with E-state index >= 15 is 0 Å². The van der Waals surface area contributed by atoms with Gasteiger partial charge in [0.15, 0.2) is 0 Å². The molecule has 3 nitrogen and oxygen atoms in total. The Morgan fingerprint density at radius 2 is 2.20 bits per heavy atom. The Morgan fingerprint density at radius 1 is 1.47 bits per heavy atom. The fourth-order valence-electron chi connectivity index (χ4n) is 2.05. The maximum absolute atomic E-state index is 5.73. The van der Waals surface area contributed by atoms with Crippen LogP contribution in [0.3, 0.4) is 0 Å². The summed E-state index contributed by atoms with van der Waals surface area (Å²) in [5.41, 5.74) is 6.02. The summed E-state index contributed by atoms with van der Waals surface area (Å²) >= 11 is 0. The van der Waals surface area contributed by atoms with Crippen LogP contribution >= 0.6 is 0 Å². The van der Waals surface area contributed by atoms with Crippen molar-refractivity contribution in [3.63, 3.8) is 0 Å². The minimum absolute atomic E-state index is 0.291. The molecule has 0 bridgehead atoms. The zero-order valence-corrected chi connectivity index (χ0v) is 10.5. The first-order chi connectivity index (χ1) is 7.07. The Kier molecular flexibility index (Phi) is 5.03. The van der Waals surface area contributed by atoms with E-state index in [-0.39, 0.29) is 0 Å². The Balaban J connectivity index is 2.19. The van der Waals surface area contributed by atoms with Crippen LogP contribution in [0.5, 0.6) is 0 Å². The second kappa shape index (κ2) is 5.83. The van der Waals surface area contributed by atoms with E-state index in [2.05, 4.69) is 18.7 Å². The van der Waals surface area contributed by atoms with Crippen LogP contribution in [0.15, 0.2) is 0 Å². The lowest BCUT2D eigenvalue weighted by Crippen LogP contribution is -2.31. The fourth-order valence-corrected chi connectivity index (χ4v) is 2.05. The van der Waals surface area contributed by atoms with E-state index in [4.69, 9.17) is 10.5 Å². The number of hydrogen-bond donors (Lipinski definition) is 1. The largest absolute Gasteiger partial charge is 0.384 e. The fraction of sp³-hybridized carbons (Fsp3) is 1.00. The molecule has 3 heteroatoms. The number of nitrogens with zero attached hydrogens (tertiary/aromatic N) is 1. The van der Waals surface area contributed by atoms with Gasteiger partial charge in [-0.05, 0) is 43.8 Å². The van der Waals surface area contributed by atoms with Gasteiger partial charge in [0, 0.05) is 13.7 Å². The molecule has 90 valence electrons. The lowest BCUT2D eigenvalue weighted by molar-refractivity contribution is 0.151. The Hall–Kier alpha value is -0.120. The van der Waals surface area contributed by atoms with Crippen LogP contribution in [0.1, 0.15) is 26.7 Å². The number of nitrogens with two attached hydrogens (primary N) is 1. The maximum atomic E-state index is 5.73. The van der Waals surface area contributed by atoms with Gasteiger partial charge in [-0.2, -0.15) is 0 Å². The Bertz CT molecular complexity index is 182. The van der Waals surface area contributed by atoms with Crippen molar-refractivity contribution in [3.8, 4) is 0 Å². The van der Waals surface area contributed by atoms with Gasteiger partial charge in [0.1, 0.15) is 0 Å². The maximum Gasteiger partial charge on any atom is 0.0503 e. The summed E-state index contributed by atoms with van der Waals surface area (Å²) in [6.45, 7) is 9.80. The minimum Gasteiger partial charge on any atom is -0.384 e. The first kappa shape index (κ1) is 12.9. The molecule has 15 heavy (non-hydrogen) atoms. The highest BCUT2D eigenvalue weighted by atomic mass is 16.5. The molecule has 0 spiro atoms. The standard InChI is InChI=1S/C12H26N2O/c1-12(2,10-13)5-7-14-6-4-11(8-14)9-15-3/h11H,4-10,13H2,1-3H3. The highest BCUT2D eigenvalue weighted by molar-refractivity contribution is 4.78. The van der Waals surface area contributed by atoms with Gasteiger partial charge in [-0.3, -0.25) is 0 Å². The molecule has 0 saturated carbocycles. The van der Waals surface area contributed by atoms with Gasteiger partial charge in [-0.15, -0.1) is 0 Å². The molecule has 0 aromatic heterocycles. The third-order valence-electron chi connectivity index (χ3n) is 3.43. The van der Waals surface area contributed by atoms with E-state index in [0.717, 1.165) is 19.1 Å². The molecule has 1 fully saturated rings. The van der Waals surface area contributed by atoms with E-state index in [1.54, 1.807) is 7.11 Å². The van der Waals surface area contributed by atoms with Crippen LogP contribution in [-0.4, -0.2) is 44.8 Å². The molecule has 1 aliphatic heterocycles. The van der Waals surface area contributed by atoms with Gasteiger partial charge in [0.2, 0.25) is 0 Å². The van der Waals surface area contributed by atoms with Gasteiger partial charge < -0.3 is 15.4 Å². The van der Waals surface area contributed by atoms with Crippen molar-refractivity contribution in [3.05, 3.63) is 0 Å². The Labute approximate surface area is 94.0 Å². The predicted octanol–water partition coefficient (Wildman–Crippen LogP) is 1.33. The molecule has 1 aliphatic rings. The van der Waals surface area contributed by atoms with Crippen molar-refractivity contribution < 1.29 is 4.74 Å². The van der Waals surface area contributed by atoms with Crippen LogP contribution in [-0.2, 0) is 4.74 Å². The van der Waals surface area contributed by atoms with E-state index in [1.165, 1.54) is 32.5 Å². The molecule has 0 aromatic rings. The molecule has 1 unspecified atom stereocenters. The zero-order valence-electron chi connectivity index (χ0n) is 10.5. The van der Waals surface area contributed by atoms with E-state index < -0.39 is 0 Å². The van der Waals surface area contributed by atoms with E-state index in [1.807, 2.05) is 0 Å². The Morgan fingerprint density at radius 3 is 2.80 bits per heavy atom. The molecule has 0 radical (unpaired) electrons. The SMILES string of the molecule is COCC1CCN(CCC(C)(C)CN)C1. The smallest absolute Gasteiger partial charge is 0.0503 e. The highest BCUT2D eigenvalue weighted by Crippen LogP contribution is 2.22. The van der Waals surface area contributed by atoms with Crippen molar-refractivity contribution in [2.24, 2.45) is 17.1 Å². The molecule has 0 aliphatic carbocycles. The van der Waals surface area contributed by atoms with Crippen LogP contribution in [0, 0.1) is 11.3 Å². The molecule has 1 saturated heterocycles. The lowest BCUT2D eigenvalue weighted by Gasteiger charge is -2.25. The first-order valence-electron chi connectivity index (χ1n) is 5.99. The molecule has 0 amide bonds. The van der Waals surface area contributed by atoms with Gasteiger partial charge in [0.05, 0.1) is 6.61 Å². The van der Waals surface area contributed by atoms with Crippen molar-refractivity contribution in [2.45, 2.75) is 26.7 Å². The van der Waals surface area contributed by atoms with Crippen LogP contribution in [0.25, 0.3) is 0 Å². The van der Waals surface area contributed by atoms with Crippen LogP contribution in [0.2, 0.25) is 0 Å². The number of hydrogen-bond acceptors (Lipinski definition) is 3. The second-order valence-corrected chi connectivity index (χ2v) is 5.53. The number of methoxy groups -OCH3 is 1. The third kappa shape index (κ3) is 4.49. The monoisotopic (exact) mass is 214 g/mol. The minimum atomic E-state index is 0.291. The molecular weight excluding hydrogens is 188 g/mol. The van der Waals surface area contributed by atoms with Crippen LogP contribution < -0.4 is 5.73 Å². The topological polar surface area (TPSA) is 38.5 Å². The average Bonchev–Trinajstić information content (AvgIpc) is 2.64. The first-order valence-corrected chi connectivity index (χ1v) is 5.99. The molecule has 1 atom stereocenters. The zero-order chi connectivity index (χ0) is 11.3. The molecule has 0 aromatic carbocycles. The normalized spacial score (nSPS) is 23.6. The predicted molar refractivity (Wildman–Crippen MR) is 63.9 cm³/mol. The summed E-state index contributed by atoms with van der Waals surface area (Å²) in [5, 5.41) is 0. The summed E-state index contributed by atoms with van der Waals surface area (Å²) < 4.78 is 5.19. The van der Waals surface area contributed by atoms with Crippen molar-refractivity contribution in [1.29, 1.82) is 0 Å². The van der Waals surface area contributed by atoms with Gasteiger partial charge >= 0.3 is 0 Å². The number of likely N-dealkylation sites (tertiary alicyclic amines) is 1. The molecule has 2 N–H and O–H groups in total. The van der Waals surface area contributed by atoms with Crippen molar-refractivity contribution >= 4 is 0 Å². The second-order valence-electron chi connectivity index (χ2n) is 5.53. The molecule has 1 rings (SSSR count). The number of ether oxygens (including phenoxy) is 1. The van der Waals surface area contributed by atoms with E-state index in [9.17, 15) is 0 Å². The lowest BCUT2D eigenvalue weighted by atomic mass is 9.89. The summed E-state index contributed by atoms with van der Waals surface area (Å²) in [6.07, 6.45) is 2.49. The van der Waals surface area contributed by atoms with Gasteiger partial charge in [-0.1, -0.05) is 13.8 Å². The molecule has 1 heterocycles. The van der Waals surface area contributed by atoms with Gasteiger partial charge in [0.25, 0.3) is 0 Å².